The van der Waals surface area contributed by atoms with E-state index in [1.165, 1.54) is 0 Å². The first-order valence-electron chi connectivity index (χ1n) is 12.3. The molecule has 8 nitrogen and oxygen atoms in total. The molecule has 0 aliphatic heterocycles. The molecule has 0 saturated heterocycles. The molecule has 37 heavy (non-hydrogen) atoms. The van der Waals surface area contributed by atoms with Crippen molar-refractivity contribution < 1.29 is 24.5 Å². The van der Waals surface area contributed by atoms with Gasteiger partial charge in [0.1, 0.15) is 5.60 Å². The Morgan fingerprint density at radius 3 is 2.14 bits per heavy atom. The average molecular weight is 506 g/mol. The van der Waals surface area contributed by atoms with Crippen LogP contribution >= 0.6 is 0 Å². The molecule has 196 valence electrons. The summed E-state index contributed by atoms with van der Waals surface area (Å²) < 4.78 is 5.44. The number of carbonyl (C=O) groups excluding carboxylic acids is 1. The zero-order valence-corrected chi connectivity index (χ0v) is 21.4. The molecule has 0 saturated carbocycles. The second kappa shape index (κ2) is 12.9. The normalized spacial score (nSPS) is 13.7. The topological polar surface area (TPSA) is 121 Å². The van der Waals surface area contributed by atoms with E-state index in [1.807, 2.05) is 72.8 Å². The highest BCUT2D eigenvalue weighted by Crippen LogP contribution is 2.19. The largest absolute Gasteiger partial charge is 0.465 e. The summed E-state index contributed by atoms with van der Waals surface area (Å²) in [6.45, 7) is 5.33. The van der Waals surface area contributed by atoms with E-state index in [9.17, 15) is 19.8 Å². The van der Waals surface area contributed by atoms with Crippen LogP contribution in [0.3, 0.4) is 0 Å². The second-order valence-corrected chi connectivity index (χ2v) is 10.0. The summed E-state index contributed by atoms with van der Waals surface area (Å²) in [6.07, 6.45) is -0.274. The summed E-state index contributed by atoms with van der Waals surface area (Å²) in [5, 5.41) is 25.7. The molecule has 1 aromatic heterocycles. The van der Waals surface area contributed by atoms with Crippen LogP contribution in [0.5, 0.6) is 0 Å². The van der Waals surface area contributed by atoms with Crippen LogP contribution in [0.25, 0.3) is 11.3 Å². The van der Waals surface area contributed by atoms with Crippen LogP contribution in [0, 0.1) is 0 Å². The fraction of sp³-hybridized carbons (Fsp3) is 0.345. The lowest BCUT2D eigenvalue weighted by Gasteiger charge is -2.28. The second-order valence-electron chi connectivity index (χ2n) is 10.0. The van der Waals surface area contributed by atoms with Gasteiger partial charge in [-0.15, -0.1) is 0 Å². The van der Waals surface area contributed by atoms with E-state index < -0.39 is 36.0 Å². The third-order valence-corrected chi connectivity index (χ3v) is 5.72. The van der Waals surface area contributed by atoms with Gasteiger partial charge in [-0.2, -0.15) is 0 Å². The highest BCUT2D eigenvalue weighted by molar-refractivity contribution is 5.68. The summed E-state index contributed by atoms with van der Waals surface area (Å²) in [6, 6.07) is 21.7. The molecule has 2 amide bonds. The first-order chi connectivity index (χ1) is 17.6. The lowest BCUT2D eigenvalue weighted by atomic mass is 9.93. The zero-order chi connectivity index (χ0) is 26.8. The van der Waals surface area contributed by atoms with Gasteiger partial charge < -0.3 is 25.6 Å². The fourth-order valence-corrected chi connectivity index (χ4v) is 4.06. The lowest BCUT2D eigenvalue weighted by molar-refractivity contribution is 0.0467. The summed E-state index contributed by atoms with van der Waals surface area (Å²) in [5.41, 5.74) is 2.98. The number of ether oxygens (including phenoxy) is 1. The monoisotopic (exact) mass is 505 g/mol. The van der Waals surface area contributed by atoms with Gasteiger partial charge in [-0.25, -0.2) is 9.59 Å². The number of alkyl carbamates (subject to hydrolysis) is 1. The highest BCUT2D eigenvalue weighted by Gasteiger charge is 2.27. The van der Waals surface area contributed by atoms with Crippen molar-refractivity contribution in [2.75, 3.05) is 0 Å². The Labute approximate surface area is 217 Å². The van der Waals surface area contributed by atoms with Crippen LogP contribution < -0.4 is 10.6 Å². The Kier molecular flexibility index (Phi) is 9.63. The molecular weight excluding hydrogens is 470 g/mol. The number of rotatable bonds is 10. The Balaban J connectivity index is 1.76. The van der Waals surface area contributed by atoms with Gasteiger partial charge in [0.15, 0.2) is 0 Å². The molecule has 0 spiro atoms. The molecule has 0 radical (unpaired) electrons. The number of benzene rings is 2. The number of amides is 2. The number of nitrogens with one attached hydrogen (secondary N) is 2. The molecule has 0 unspecified atom stereocenters. The van der Waals surface area contributed by atoms with Gasteiger partial charge in [-0.1, -0.05) is 60.7 Å². The van der Waals surface area contributed by atoms with Crippen LogP contribution in [-0.4, -0.2) is 51.2 Å². The van der Waals surface area contributed by atoms with Gasteiger partial charge in [-0.05, 0) is 63.3 Å². The maximum absolute atomic E-state index is 12.6. The van der Waals surface area contributed by atoms with Crippen LogP contribution in [0.1, 0.15) is 38.3 Å². The number of carboxylic acid groups (broad SMARTS) is 1. The van der Waals surface area contributed by atoms with Gasteiger partial charge in [0.25, 0.3) is 0 Å². The van der Waals surface area contributed by atoms with Crippen LogP contribution in [0.15, 0.2) is 79.0 Å². The SMILES string of the molecule is CC(C)(C)OC(=O)N[C@@H](Cc1ccc(-c2ccccn2)cc1)C[C@@H](O)[C@H](Cc1ccccc1)NC(=O)O. The quantitative estimate of drug-likeness (QED) is 0.314. The lowest BCUT2D eigenvalue weighted by Crippen LogP contribution is -2.48. The Morgan fingerprint density at radius 1 is 0.892 bits per heavy atom. The van der Waals surface area contributed by atoms with E-state index in [2.05, 4.69) is 15.6 Å². The minimum Gasteiger partial charge on any atom is -0.465 e. The van der Waals surface area contributed by atoms with Gasteiger partial charge in [-0.3, -0.25) is 4.98 Å². The van der Waals surface area contributed by atoms with Crippen molar-refractivity contribution in [3.8, 4) is 11.3 Å². The number of aliphatic hydroxyl groups excluding tert-OH is 1. The third kappa shape index (κ3) is 9.57. The number of aliphatic hydroxyl groups is 1. The number of nitrogens with zero attached hydrogens (tertiary/aromatic N) is 1. The van der Waals surface area contributed by atoms with Gasteiger partial charge in [0, 0.05) is 17.8 Å². The van der Waals surface area contributed by atoms with Crippen molar-refractivity contribution in [1.29, 1.82) is 0 Å². The van der Waals surface area contributed by atoms with Crippen molar-refractivity contribution in [2.24, 2.45) is 0 Å². The summed E-state index contributed by atoms with van der Waals surface area (Å²) in [4.78, 5) is 28.4. The summed E-state index contributed by atoms with van der Waals surface area (Å²) in [7, 11) is 0. The predicted octanol–water partition coefficient (Wildman–Crippen LogP) is 4.81. The van der Waals surface area contributed by atoms with E-state index in [1.54, 1.807) is 27.0 Å². The molecule has 8 heteroatoms. The molecule has 4 N–H and O–H groups in total. The molecule has 2 aromatic carbocycles. The molecule has 0 fully saturated rings. The van der Waals surface area contributed by atoms with E-state index in [-0.39, 0.29) is 6.42 Å². The smallest absolute Gasteiger partial charge is 0.407 e. The maximum atomic E-state index is 12.6. The Bertz CT molecular complexity index is 1130. The Morgan fingerprint density at radius 2 is 1.54 bits per heavy atom. The molecule has 3 rings (SSSR count). The molecule has 0 aliphatic carbocycles. The first kappa shape index (κ1) is 27.7. The van der Waals surface area contributed by atoms with Crippen molar-refractivity contribution in [3.05, 3.63) is 90.1 Å². The van der Waals surface area contributed by atoms with E-state index >= 15 is 0 Å². The molecule has 0 aliphatic rings. The molecule has 3 aromatic rings. The van der Waals surface area contributed by atoms with Crippen molar-refractivity contribution in [2.45, 2.75) is 63.8 Å². The maximum Gasteiger partial charge on any atom is 0.407 e. The summed E-state index contributed by atoms with van der Waals surface area (Å²) >= 11 is 0. The van der Waals surface area contributed by atoms with Crippen LogP contribution in [0.2, 0.25) is 0 Å². The number of carbonyl (C=O) groups is 2. The average Bonchev–Trinajstić information content (AvgIpc) is 2.84. The van der Waals surface area contributed by atoms with Crippen molar-refractivity contribution >= 4 is 12.2 Å². The minimum absolute atomic E-state index is 0.124. The van der Waals surface area contributed by atoms with Crippen LogP contribution in [-0.2, 0) is 17.6 Å². The molecular formula is C29H35N3O5. The Hall–Kier alpha value is -3.91. The van der Waals surface area contributed by atoms with Gasteiger partial charge in [0.2, 0.25) is 0 Å². The third-order valence-electron chi connectivity index (χ3n) is 5.72. The zero-order valence-electron chi connectivity index (χ0n) is 21.4. The number of pyridine rings is 1. The van der Waals surface area contributed by atoms with Crippen molar-refractivity contribution in [3.63, 3.8) is 0 Å². The number of aromatic nitrogens is 1. The first-order valence-corrected chi connectivity index (χ1v) is 12.3. The standard InChI is InChI=1S/C29H35N3O5/c1-29(2,3)37-28(36)31-23(17-21-12-14-22(15-13-21)24-11-7-8-16-30-24)19-26(33)25(32-27(34)35)18-20-9-5-4-6-10-20/h4-16,23,25-26,32-33H,17-19H2,1-3H3,(H,31,36)(H,34,35)/t23-,25-,26+/m0/s1. The molecule has 3 atom stereocenters. The van der Waals surface area contributed by atoms with E-state index in [4.69, 9.17) is 4.74 Å². The van der Waals surface area contributed by atoms with Gasteiger partial charge >= 0.3 is 12.2 Å². The fourth-order valence-electron chi connectivity index (χ4n) is 4.06. The summed E-state index contributed by atoms with van der Waals surface area (Å²) in [5.74, 6) is 0. The number of hydrogen-bond acceptors (Lipinski definition) is 5. The van der Waals surface area contributed by atoms with Crippen molar-refractivity contribution in [1.82, 2.24) is 15.6 Å². The molecule has 0 bridgehead atoms. The van der Waals surface area contributed by atoms with Crippen LogP contribution in [0.4, 0.5) is 9.59 Å². The highest BCUT2D eigenvalue weighted by atomic mass is 16.6. The molecule has 1 heterocycles. The van der Waals surface area contributed by atoms with E-state index in [0.29, 0.717) is 12.8 Å². The van der Waals surface area contributed by atoms with Gasteiger partial charge in [0.05, 0.1) is 17.8 Å². The number of hydrogen-bond donors (Lipinski definition) is 4. The predicted molar refractivity (Wildman–Crippen MR) is 142 cm³/mol. The van der Waals surface area contributed by atoms with E-state index in [0.717, 1.165) is 22.4 Å². The minimum atomic E-state index is -1.22.